The van der Waals surface area contributed by atoms with Crippen molar-refractivity contribution in [3.63, 3.8) is 0 Å². The maximum absolute atomic E-state index is 11.9. The average molecular weight is 359 g/mol. The second-order valence-electron chi connectivity index (χ2n) is 5.15. The number of hydrogen-bond donors (Lipinski definition) is 1. The fourth-order valence-corrected chi connectivity index (χ4v) is 2.80. The van der Waals surface area contributed by atoms with E-state index in [1.807, 2.05) is 24.3 Å². The summed E-state index contributed by atoms with van der Waals surface area (Å²) >= 11 is 12.1. The summed E-state index contributed by atoms with van der Waals surface area (Å²) in [5, 5.41) is 9.84. The van der Waals surface area contributed by atoms with Crippen LogP contribution in [0.25, 0.3) is 22.4 Å². The third-order valence-corrected chi connectivity index (χ3v) is 4.30. The van der Waals surface area contributed by atoms with E-state index in [0.717, 1.165) is 5.52 Å². The molecule has 5 nitrogen and oxygen atoms in total. The SMILES string of the molecule is CC(=O)N(CC#N)c1ccccc1-c1nc2cc(Cl)c(Cl)cc2[nH]1. The van der Waals surface area contributed by atoms with Crippen molar-refractivity contribution in [2.24, 2.45) is 0 Å². The summed E-state index contributed by atoms with van der Waals surface area (Å²) in [6.07, 6.45) is 0. The van der Waals surface area contributed by atoms with E-state index in [2.05, 4.69) is 9.97 Å². The zero-order valence-corrected chi connectivity index (χ0v) is 14.2. The summed E-state index contributed by atoms with van der Waals surface area (Å²) in [6.45, 7) is 1.39. The molecule has 0 atom stereocenters. The number of amides is 1. The third kappa shape index (κ3) is 2.94. The number of nitrogens with zero attached hydrogens (tertiary/aromatic N) is 3. The Balaban J connectivity index is 2.17. The molecule has 120 valence electrons. The van der Waals surface area contributed by atoms with Gasteiger partial charge in [0.1, 0.15) is 12.4 Å². The molecule has 2 aromatic carbocycles. The van der Waals surface area contributed by atoms with Gasteiger partial charge in [-0.2, -0.15) is 5.26 Å². The van der Waals surface area contributed by atoms with E-state index < -0.39 is 0 Å². The van der Waals surface area contributed by atoms with Crippen LogP contribution in [-0.2, 0) is 4.79 Å². The molecule has 0 aliphatic heterocycles. The molecule has 3 rings (SSSR count). The van der Waals surface area contributed by atoms with Gasteiger partial charge in [-0.3, -0.25) is 9.69 Å². The van der Waals surface area contributed by atoms with Gasteiger partial charge in [-0.15, -0.1) is 0 Å². The highest BCUT2D eigenvalue weighted by Crippen LogP contribution is 2.32. The normalized spacial score (nSPS) is 10.6. The van der Waals surface area contributed by atoms with Crippen molar-refractivity contribution in [3.8, 4) is 17.5 Å². The zero-order valence-electron chi connectivity index (χ0n) is 12.7. The maximum atomic E-state index is 11.9. The quantitative estimate of drug-likeness (QED) is 0.704. The number of para-hydroxylation sites is 1. The van der Waals surface area contributed by atoms with E-state index in [4.69, 9.17) is 28.5 Å². The smallest absolute Gasteiger partial charge is 0.224 e. The Hall–Kier alpha value is -2.55. The van der Waals surface area contributed by atoms with Crippen molar-refractivity contribution in [3.05, 3.63) is 46.4 Å². The minimum atomic E-state index is -0.216. The van der Waals surface area contributed by atoms with E-state index in [1.165, 1.54) is 11.8 Å². The van der Waals surface area contributed by atoms with E-state index in [1.54, 1.807) is 18.2 Å². The van der Waals surface area contributed by atoms with Gasteiger partial charge in [0.25, 0.3) is 0 Å². The Kier molecular flexibility index (Phi) is 4.43. The number of fused-ring (bicyclic) bond motifs is 1. The lowest BCUT2D eigenvalue weighted by Crippen LogP contribution is -2.29. The molecule has 0 aliphatic rings. The molecule has 0 spiro atoms. The number of halogens is 2. The largest absolute Gasteiger partial charge is 0.338 e. The van der Waals surface area contributed by atoms with Crippen LogP contribution in [0.3, 0.4) is 0 Å². The lowest BCUT2D eigenvalue weighted by atomic mass is 10.1. The van der Waals surface area contributed by atoms with Crippen molar-refractivity contribution >= 4 is 45.8 Å². The standard InChI is InChI=1S/C17H12Cl2N4O/c1-10(24)23(7-6-20)16-5-3-2-4-11(16)17-21-14-8-12(18)13(19)9-15(14)22-17/h2-5,8-9H,7H2,1H3,(H,21,22). The van der Waals surface area contributed by atoms with Crippen LogP contribution in [0.15, 0.2) is 36.4 Å². The zero-order chi connectivity index (χ0) is 17.3. The average Bonchev–Trinajstić information content (AvgIpc) is 2.95. The predicted molar refractivity (Wildman–Crippen MR) is 95.2 cm³/mol. The molecule has 3 aromatic rings. The lowest BCUT2D eigenvalue weighted by molar-refractivity contribution is -0.116. The van der Waals surface area contributed by atoms with Crippen molar-refractivity contribution in [2.45, 2.75) is 6.92 Å². The molecule has 24 heavy (non-hydrogen) atoms. The number of carbonyl (C=O) groups is 1. The molecule has 0 radical (unpaired) electrons. The van der Waals surface area contributed by atoms with E-state index in [-0.39, 0.29) is 12.5 Å². The summed E-state index contributed by atoms with van der Waals surface area (Å²) in [4.78, 5) is 21.0. The summed E-state index contributed by atoms with van der Waals surface area (Å²) in [6, 6.07) is 12.7. The van der Waals surface area contributed by atoms with Gasteiger partial charge in [-0.1, -0.05) is 35.3 Å². The highest BCUT2D eigenvalue weighted by atomic mass is 35.5. The third-order valence-electron chi connectivity index (χ3n) is 3.58. The van der Waals surface area contributed by atoms with E-state index >= 15 is 0 Å². The molecule has 0 unspecified atom stereocenters. The molecule has 1 amide bonds. The Morgan fingerprint density at radius 1 is 1.29 bits per heavy atom. The number of H-pyrrole nitrogens is 1. The summed E-state index contributed by atoms with van der Waals surface area (Å²) in [5.74, 6) is 0.356. The van der Waals surface area contributed by atoms with Gasteiger partial charge >= 0.3 is 0 Å². The topological polar surface area (TPSA) is 72.8 Å². The number of aromatic nitrogens is 2. The number of rotatable bonds is 3. The van der Waals surface area contributed by atoms with Gasteiger partial charge in [0.2, 0.25) is 5.91 Å². The monoisotopic (exact) mass is 358 g/mol. The highest BCUT2D eigenvalue weighted by Gasteiger charge is 2.18. The van der Waals surface area contributed by atoms with Crippen LogP contribution in [0.4, 0.5) is 5.69 Å². The fraction of sp³-hybridized carbons (Fsp3) is 0.118. The van der Waals surface area contributed by atoms with Crippen molar-refractivity contribution < 1.29 is 4.79 Å². The number of hydrogen-bond acceptors (Lipinski definition) is 3. The summed E-state index contributed by atoms with van der Waals surface area (Å²) in [7, 11) is 0. The molecule has 0 bridgehead atoms. The minimum Gasteiger partial charge on any atom is -0.338 e. The fourth-order valence-electron chi connectivity index (χ4n) is 2.48. The van der Waals surface area contributed by atoms with Crippen LogP contribution in [0.5, 0.6) is 0 Å². The van der Waals surface area contributed by atoms with Crippen molar-refractivity contribution in [1.29, 1.82) is 5.26 Å². The van der Waals surface area contributed by atoms with E-state index in [9.17, 15) is 4.79 Å². The Labute approximate surface area is 148 Å². The number of nitrogens with one attached hydrogen (secondary N) is 1. The Morgan fingerprint density at radius 3 is 2.71 bits per heavy atom. The molecule has 7 heteroatoms. The number of nitriles is 1. The van der Waals surface area contributed by atoms with Crippen LogP contribution in [0.1, 0.15) is 6.92 Å². The first-order valence-corrected chi connectivity index (χ1v) is 7.86. The van der Waals surface area contributed by atoms with Crippen LogP contribution in [-0.4, -0.2) is 22.4 Å². The molecule has 0 saturated carbocycles. The summed E-state index contributed by atoms with van der Waals surface area (Å²) < 4.78 is 0. The Bertz CT molecular complexity index is 935. The van der Waals surface area contributed by atoms with Crippen LogP contribution in [0, 0.1) is 11.3 Å². The first kappa shape index (κ1) is 16.3. The molecular formula is C17H12Cl2N4O. The molecule has 1 heterocycles. The molecule has 1 N–H and O–H groups in total. The first-order valence-electron chi connectivity index (χ1n) is 7.10. The second kappa shape index (κ2) is 6.52. The van der Waals surface area contributed by atoms with E-state index in [0.29, 0.717) is 32.6 Å². The van der Waals surface area contributed by atoms with Gasteiger partial charge in [0.05, 0.1) is 32.8 Å². The summed E-state index contributed by atoms with van der Waals surface area (Å²) in [5.41, 5.74) is 2.74. The minimum absolute atomic E-state index is 0.0375. The van der Waals surface area contributed by atoms with Crippen LogP contribution >= 0.6 is 23.2 Å². The molecule has 0 aliphatic carbocycles. The Morgan fingerprint density at radius 2 is 2.00 bits per heavy atom. The van der Waals surface area contributed by atoms with Gasteiger partial charge < -0.3 is 4.98 Å². The van der Waals surface area contributed by atoms with Crippen molar-refractivity contribution in [1.82, 2.24) is 9.97 Å². The van der Waals surface area contributed by atoms with Crippen LogP contribution in [0.2, 0.25) is 10.0 Å². The lowest BCUT2D eigenvalue weighted by Gasteiger charge is -2.20. The second-order valence-corrected chi connectivity index (χ2v) is 5.96. The number of carbonyl (C=O) groups excluding carboxylic acids is 1. The predicted octanol–water partition coefficient (Wildman–Crippen LogP) is 4.41. The van der Waals surface area contributed by atoms with Gasteiger partial charge in [0.15, 0.2) is 0 Å². The van der Waals surface area contributed by atoms with Gasteiger partial charge in [-0.05, 0) is 24.3 Å². The van der Waals surface area contributed by atoms with Gasteiger partial charge in [-0.25, -0.2) is 4.98 Å². The number of aromatic amines is 1. The molecule has 0 saturated heterocycles. The van der Waals surface area contributed by atoms with Crippen molar-refractivity contribution in [2.75, 3.05) is 11.4 Å². The number of benzene rings is 2. The molecular weight excluding hydrogens is 347 g/mol. The van der Waals surface area contributed by atoms with Gasteiger partial charge in [0, 0.05) is 12.5 Å². The first-order chi connectivity index (χ1) is 11.5. The maximum Gasteiger partial charge on any atom is 0.224 e. The number of imidazole rings is 1. The number of anilines is 1. The molecule has 1 aromatic heterocycles. The molecule has 0 fully saturated rings. The highest BCUT2D eigenvalue weighted by molar-refractivity contribution is 6.42. The van der Waals surface area contributed by atoms with Crippen LogP contribution < -0.4 is 4.90 Å².